The number of aromatic hydroxyl groups is 2. The molecule has 0 saturated carbocycles. The van der Waals surface area contributed by atoms with E-state index in [9.17, 15) is 57.6 Å². The third-order valence-corrected chi connectivity index (χ3v) is 10.9. The summed E-state index contributed by atoms with van der Waals surface area (Å²) in [5, 5.41) is 47.9. The second kappa shape index (κ2) is 14.9. The van der Waals surface area contributed by atoms with Gasteiger partial charge in [-0.2, -0.15) is 13.2 Å². The predicted molar refractivity (Wildman–Crippen MR) is 184 cm³/mol. The number of phenols is 2. The minimum absolute atomic E-state index is 0.00101. The Balaban J connectivity index is 1.35. The summed E-state index contributed by atoms with van der Waals surface area (Å²) in [6.45, 7) is 6.42. The van der Waals surface area contributed by atoms with Crippen molar-refractivity contribution in [2.24, 2.45) is 0 Å². The standard InChI is InChI=1S/C38H42F3NO15/c1-14-33(57-24-13-36(5,50)34(15(2)54-24)55-17(4)44)20(42-35(49)38(39,40)41)10-23(53-14)56-22-12-37(51,16(3)43)11-19-26(22)32(48)28-27(30(19)46)29(45)18-8-7-9-21(52-6)25(18)31(28)47/h7-9,14-15,20,22-24,33-34,46,48,50-51H,10-13H2,1-6H3,(H,42,49)/t14?,15?,20?,22-,23?,24?,33?,34?,36?,37-/m0/s1. The summed E-state index contributed by atoms with van der Waals surface area (Å²) >= 11 is 0. The molecule has 0 spiro atoms. The zero-order valence-corrected chi connectivity index (χ0v) is 31.6. The Bertz CT molecular complexity index is 2020. The van der Waals surface area contributed by atoms with Gasteiger partial charge in [0.2, 0.25) is 5.78 Å². The Morgan fingerprint density at radius 1 is 0.912 bits per heavy atom. The number of phenolic OH excluding ortho intramolecular Hbond substituents is 2. The number of ketones is 3. The number of alkyl halides is 3. The number of carbonyl (C=O) groups is 5. The highest BCUT2D eigenvalue weighted by Gasteiger charge is 2.53. The van der Waals surface area contributed by atoms with E-state index in [0.29, 0.717) is 0 Å². The van der Waals surface area contributed by atoms with Crippen molar-refractivity contribution in [3.63, 3.8) is 0 Å². The highest BCUT2D eigenvalue weighted by Crippen LogP contribution is 2.52. The average Bonchev–Trinajstić information content (AvgIpc) is 3.10. The lowest BCUT2D eigenvalue weighted by Crippen LogP contribution is -2.62. The zero-order chi connectivity index (χ0) is 42.1. The van der Waals surface area contributed by atoms with Crippen LogP contribution in [-0.2, 0) is 44.5 Å². The fraction of sp³-hybridized carbons (Fsp3) is 0.553. The highest BCUT2D eigenvalue weighted by atomic mass is 19.4. The number of amides is 1. The second-order valence-electron chi connectivity index (χ2n) is 15.0. The number of methoxy groups -OCH3 is 1. The van der Waals surface area contributed by atoms with Crippen molar-refractivity contribution in [3.8, 4) is 17.2 Å². The van der Waals surface area contributed by atoms with Crippen LogP contribution >= 0.6 is 0 Å². The molecule has 19 heteroatoms. The van der Waals surface area contributed by atoms with Crippen LogP contribution in [0.4, 0.5) is 13.2 Å². The maximum absolute atomic E-state index is 14.0. The maximum atomic E-state index is 14.0. The number of Topliss-reactive ketones (excluding diaryl/α,β-unsaturated/α-hetero) is 1. The van der Waals surface area contributed by atoms with Gasteiger partial charge < -0.3 is 54.2 Å². The first-order chi connectivity index (χ1) is 26.5. The summed E-state index contributed by atoms with van der Waals surface area (Å²) in [5.41, 5.74) is -6.11. The fourth-order valence-electron chi connectivity index (χ4n) is 8.19. The molecule has 0 bridgehead atoms. The molecule has 2 aromatic carbocycles. The van der Waals surface area contributed by atoms with Crippen LogP contribution < -0.4 is 10.1 Å². The third-order valence-electron chi connectivity index (χ3n) is 10.9. The van der Waals surface area contributed by atoms with Crippen LogP contribution in [0, 0.1) is 0 Å². The van der Waals surface area contributed by atoms with E-state index in [0.717, 1.165) is 13.8 Å². The van der Waals surface area contributed by atoms with Crippen LogP contribution in [0.25, 0.3) is 0 Å². The van der Waals surface area contributed by atoms with Gasteiger partial charge >= 0.3 is 18.1 Å². The molecule has 1 amide bonds. The first-order valence-electron chi connectivity index (χ1n) is 18.0. The molecule has 57 heavy (non-hydrogen) atoms. The maximum Gasteiger partial charge on any atom is 0.471 e. The SMILES string of the molecule is COc1cccc2c1C(=O)c1c(O)c3c(c(O)c1C2=O)C[C@@](O)(C(C)=O)C[C@@H]3OC1CC(NC(=O)C(F)(F)F)C(OC2CC(C)(O)C(OC(C)=O)C(C)O2)C(C)O1. The van der Waals surface area contributed by atoms with Gasteiger partial charge in [0.05, 0.1) is 48.2 Å². The minimum atomic E-state index is -5.34. The number of esters is 1. The Labute approximate surface area is 323 Å². The van der Waals surface area contributed by atoms with Gasteiger partial charge in [-0.1, -0.05) is 12.1 Å². The predicted octanol–water partition coefficient (Wildman–Crippen LogP) is 2.59. The molecular formula is C38H42F3NO15. The number of halogens is 3. The Kier molecular flexibility index (Phi) is 11.0. The molecule has 2 fully saturated rings. The quantitative estimate of drug-likeness (QED) is 0.163. The molecule has 10 atom stereocenters. The number of ether oxygens (including phenoxy) is 6. The molecule has 0 radical (unpaired) electrons. The van der Waals surface area contributed by atoms with Crippen LogP contribution in [0.5, 0.6) is 17.2 Å². The molecule has 16 nitrogen and oxygen atoms in total. The largest absolute Gasteiger partial charge is 0.507 e. The second-order valence-corrected chi connectivity index (χ2v) is 15.0. The lowest BCUT2D eigenvalue weighted by atomic mass is 9.72. The summed E-state index contributed by atoms with van der Waals surface area (Å²) in [7, 11) is 1.26. The number of benzene rings is 2. The highest BCUT2D eigenvalue weighted by molar-refractivity contribution is 6.31. The number of hydrogen-bond acceptors (Lipinski definition) is 15. The van der Waals surface area contributed by atoms with E-state index in [1.807, 2.05) is 5.32 Å². The van der Waals surface area contributed by atoms with Crippen LogP contribution in [0.1, 0.15) is 103 Å². The van der Waals surface area contributed by atoms with E-state index in [2.05, 4.69) is 0 Å². The van der Waals surface area contributed by atoms with Gasteiger partial charge in [-0.15, -0.1) is 0 Å². The number of nitrogens with one attached hydrogen (secondary N) is 1. The lowest BCUT2D eigenvalue weighted by Gasteiger charge is -2.47. The number of rotatable bonds is 8. The molecule has 6 rings (SSSR count). The number of hydrogen-bond donors (Lipinski definition) is 5. The Hall–Kier alpha value is -4.66. The molecule has 2 aromatic rings. The number of fused-ring (bicyclic) bond motifs is 3. The smallest absolute Gasteiger partial charge is 0.471 e. The van der Waals surface area contributed by atoms with Gasteiger partial charge in [0, 0.05) is 49.3 Å². The topological polar surface area (TPSA) is 234 Å². The summed E-state index contributed by atoms with van der Waals surface area (Å²) < 4.78 is 75.4. The first-order valence-corrected chi connectivity index (χ1v) is 18.0. The summed E-state index contributed by atoms with van der Waals surface area (Å²) in [5.74, 6) is -7.22. The van der Waals surface area contributed by atoms with E-state index in [1.54, 1.807) is 0 Å². The number of aliphatic hydroxyl groups is 2. The zero-order valence-electron chi connectivity index (χ0n) is 31.6. The summed E-state index contributed by atoms with van der Waals surface area (Å²) in [6, 6.07) is 2.65. The van der Waals surface area contributed by atoms with Crippen molar-refractivity contribution >= 4 is 29.2 Å². The molecule has 2 aliphatic heterocycles. The van der Waals surface area contributed by atoms with Gasteiger partial charge in [-0.3, -0.25) is 24.0 Å². The third kappa shape index (κ3) is 7.59. The van der Waals surface area contributed by atoms with Crippen molar-refractivity contribution in [3.05, 3.63) is 51.6 Å². The normalized spacial score (nSPS) is 32.4. The molecule has 2 aliphatic carbocycles. The monoisotopic (exact) mass is 809 g/mol. The molecule has 8 unspecified atom stereocenters. The van der Waals surface area contributed by atoms with Crippen LogP contribution in [0.15, 0.2) is 18.2 Å². The molecule has 2 saturated heterocycles. The van der Waals surface area contributed by atoms with E-state index >= 15 is 0 Å². The van der Waals surface area contributed by atoms with Crippen molar-refractivity contribution in [2.45, 2.75) is 127 Å². The van der Waals surface area contributed by atoms with Gasteiger partial charge in [0.25, 0.3) is 0 Å². The molecule has 5 N–H and O–H groups in total. The average molecular weight is 810 g/mol. The van der Waals surface area contributed by atoms with E-state index < -0.39 is 138 Å². The van der Waals surface area contributed by atoms with Crippen molar-refractivity contribution in [1.82, 2.24) is 5.32 Å². The van der Waals surface area contributed by atoms with Gasteiger partial charge in [0.15, 0.2) is 30.3 Å². The van der Waals surface area contributed by atoms with Gasteiger partial charge in [0.1, 0.15) is 34.6 Å². The lowest BCUT2D eigenvalue weighted by molar-refractivity contribution is -0.317. The van der Waals surface area contributed by atoms with Crippen LogP contribution in [0.2, 0.25) is 0 Å². The molecule has 0 aromatic heterocycles. The fourth-order valence-corrected chi connectivity index (χ4v) is 8.19. The van der Waals surface area contributed by atoms with E-state index in [1.165, 1.54) is 46.1 Å². The van der Waals surface area contributed by atoms with Crippen molar-refractivity contribution in [2.75, 3.05) is 7.11 Å². The minimum Gasteiger partial charge on any atom is -0.507 e. The molecule has 4 aliphatic rings. The van der Waals surface area contributed by atoms with E-state index in [-0.39, 0.29) is 34.4 Å². The number of carbonyl (C=O) groups excluding carboxylic acids is 5. The Morgan fingerprint density at radius 3 is 2.16 bits per heavy atom. The molecular weight excluding hydrogens is 767 g/mol. The first kappa shape index (κ1) is 42.0. The van der Waals surface area contributed by atoms with Crippen molar-refractivity contribution in [1.29, 1.82) is 0 Å². The van der Waals surface area contributed by atoms with Gasteiger partial charge in [-0.25, -0.2) is 0 Å². The van der Waals surface area contributed by atoms with Gasteiger partial charge in [-0.05, 0) is 33.8 Å². The van der Waals surface area contributed by atoms with Crippen molar-refractivity contribution < 1.29 is 86.0 Å². The Morgan fingerprint density at radius 2 is 1.56 bits per heavy atom. The van der Waals surface area contributed by atoms with Crippen LogP contribution in [0.3, 0.4) is 0 Å². The summed E-state index contributed by atoms with van der Waals surface area (Å²) in [4.78, 5) is 64.5. The summed E-state index contributed by atoms with van der Waals surface area (Å²) in [6.07, 6.45) is -16.6. The molecule has 310 valence electrons. The van der Waals surface area contributed by atoms with E-state index in [4.69, 9.17) is 28.4 Å². The van der Waals surface area contributed by atoms with Crippen LogP contribution in [-0.4, -0.2) is 117 Å². The molecule has 2 heterocycles.